The lowest BCUT2D eigenvalue weighted by molar-refractivity contribution is 0.197. The summed E-state index contributed by atoms with van der Waals surface area (Å²) in [5.41, 5.74) is 12.0. The second kappa shape index (κ2) is 4.67. The molecule has 1 aromatic rings. The van der Waals surface area contributed by atoms with Crippen LogP contribution in [0.15, 0.2) is 12.1 Å². The minimum Gasteiger partial charge on any atom is -0.330 e. The molecule has 100 valence electrons. The summed E-state index contributed by atoms with van der Waals surface area (Å²) >= 11 is 0. The van der Waals surface area contributed by atoms with Gasteiger partial charge in [-0.25, -0.2) is 0 Å². The Hall–Kier alpha value is -0.860. The van der Waals surface area contributed by atoms with Crippen molar-refractivity contribution in [2.75, 3.05) is 20.6 Å². The summed E-state index contributed by atoms with van der Waals surface area (Å²) in [5.74, 6) is 0. The van der Waals surface area contributed by atoms with E-state index in [4.69, 9.17) is 5.73 Å². The van der Waals surface area contributed by atoms with Gasteiger partial charge in [-0.1, -0.05) is 17.7 Å². The maximum Gasteiger partial charge on any atom is 0.0415 e. The van der Waals surface area contributed by atoms with Crippen LogP contribution in [0.3, 0.4) is 0 Å². The van der Waals surface area contributed by atoms with Crippen LogP contribution in [0.5, 0.6) is 0 Å². The van der Waals surface area contributed by atoms with E-state index < -0.39 is 0 Å². The van der Waals surface area contributed by atoms with E-state index in [9.17, 15) is 0 Å². The zero-order valence-electron chi connectivity index (χ0n) is 12.4. The molecule has 0 spiro atoms. The van der Waals surface area contributed by atoms with Gasteiger partial charge in [-0.05, 0) is 70.9 Å². The average molecular weight is 246 g/mol. The number of nitrogens with two attached hydrogens (primary N) is 1. The Balaban J connectivity index is 2.50. The molecule has 1 unspecified atom stereocenters. The van der Waals surface area contributed by atoms with Crippen molar-refractivity contribution in [1.29, 1.82) is 0 Å². The molecule has 2 rings (SSSR count). The summed E-state index contributed by atoms with van der Waals surface area (Å²) in [7, 11) is 4.36. The van der Waals surface area contributed by atoms with E-state index in [2.05, 4.69) is 51.9 Å². The van der Waals surface area contributed by atoms with Crippen LogP contribution in [-0.4, -0.2) is 25.5 Å². The zero-order chi connectivity index (χ0) is 13.5. The van der Waals surface area contributed by atoms with Crippen molar-refractivity contribution < 1.29 is 0 Å². The summed E-state index contributed by atoms with van der Waals surface area (Å²) in [6, 6.07) is 5.06. The Bertz CT molecular complexity index is 421. The highest BCUT2D eigenvalue weighted by Crippen LogP contribution is 2.56. The summed E-state index contributed by atoms with van der Waals surface area (Å²) in [6.07, 6.45) is 2.53. The molecule has 18 heavy (non-hydrogen) atoms. The molecule has 0 aromatic heterocycles. The van der Waals surface area contributed by atoms with Gasteiger partial charge in [0.05, 0.1) is 0 Å². The molecule has 2 heteroatoms. The molecule has 1 saturated carbocycles. The van der Waals surface area contributed by atoms with Crippen LogP contribution < -0.4 is 5.73 Å². The molecule has 0 amide bonds. The quantitative estimate of drug-likeness (QED) is 0.885. The second-order valence-electron chi connectivity index (χ2n) is 6.25. The van der Waals surface area contributed by atoms with Crippen LogP contribution in [-0.2, 0) is 0 Å². The van der Waals surface area contributed by atoms with Gasteiger partial charge in [0.2, 0.25) is 0 Å². The van der Waals surface area contributed by atoms with Gasteiger partial charge in [-0.2, -0.15) is 0 Å². The number of benzene rings is 1. The van der Waals surface area contributed by atoms with Gasteiger partial charge in [0, 0.05) is 11.5 Å². The fraction of sp³-hybridized carbons (Fsp3) is 0.625. The van der Waals surface area contributed by atoms with E-state index in [0.29, 0.717) is 11.5 Å². The first-order valence-electron chi connectivity index (χ1n) is 6.85. The van der Waals surface area contributed by atoms with Crippen molar-refractivity contribution in [2.45, 2.75) is 39.7 Å². The second-order valence-corrected chi connectivity index (χ2v) is 6.25. The van der Waals surface area contributed by atoms with Crippen molar-refractivity contribution in [1.82, 2.24) is 4.90 Å². The first-order valence-corrected chi connectivity index (χ1v) is 6.85. The van der Waals surface area contributed by atoms with Gasteiger partial charge in [-0.3, -0.25) is 0 Å². The van der Waals surface area contributed by atoms with Crippen LogP contribution in [0.25, 0.3) is 0 Å². The SMILES string of the molecule is Cc1cc(C)c(C(N(C)C)C2(CN)CC2)c(C)c1. The maximum absolute atomic E-state index is 6.05. The van der Waals surface area contributed by atoms with E-state index >= 15 is 0 Å². The minimum absolute atomic E-state index is 0.314. The lowest BCUT2D eigenvalue weighted by atomic mass is 9.83. The normalized spacial score (nSPS) is 19.1. The third-order valence-electron chi connectivity index (χ3n) is 4.41. The van der Waals surface area contributed by atoms with Gasteiger partial charge >= 0.3 is 0 Å². The van der Waals surface area contributed by atoms with Crippen LogP contribution in [0.2, 0.25) is 0 Å². The fourth-order valence-corrected chi connectivity index (χ4v) is 3.48. The first-order chi connectivity index (χ1) is 8.41. The third-order valence-corrected chi connectivity index (χ3v) is 4.41. The maximum atomic E-state index is 6.05. The zero-order valence-corrected chi connectivity index (χ0v) is 12.4. The molecular formula is C16H26N2. The molecule has 1 aliphatic carbocycles. The van der Waals surface area contributed by atoms with E-state index in [1.54, 1.807) is 0 Å². The van der Waals surface area contributed by atoms with Crippen molar-refractivity contribution in [3.63, 3.8) is 0 Å². The number of hydrogen-bond donors (Lipinski definition) is 1. The standard InChI is InChI=1S/C16H26N2/c1-11-8-12(2)14(13(3)9-11)15(18(4)5)16(10-17)6-7-16/h8-9,15H,6-7,10,17H2,1-5H3. The fourth-order valence-electron chi connectivity index (χ4n) is 3.48. The first kappa shape index (κ1) is 13.6. The molecular weight excluding hydrogens is 220 g/mol. The number of nitrogens with zero attached hydrogens (tertiary/aromatic N) is 1. The van der Waals surface area contributed by atoms with Gasteiger partial charge in [0.1, 0.15) is 0 Å². The van der Waals surface area contributed by atoms with Gasteiger partial charge in [-0.15, -0.1) is 0 Å². The average Bonchev–Trinajstić information content (AvgIpc) is 3.03. The smallest absolute Gasteiger partial charge is 0.0415 e. The van der Waals surface area contributed by atoms with Crippen LogP contribution in [0.1, 0.15) is 41.1 Å². The van der Waals surface area contributed by atoms with Gasteiger partial charge in [0.25, 0.3) is 0 Å². The molecule has 0 radical (unpaired) electrons. The Morgan fingerprint density at radius 2 is 1.67 bits per heavy atom. The predicted molar refractivity (Wildman–Crippen MR) is 77.8 cm³/mol. The highest BCUT2D eigenvalue weighted by molar-refractivity contribution is 5.41. The third kappa shape index (κ3) is 2.19. The molecule has 2 N–H and O–H groups in total. The number of aryl methyl sites for hydroxylation is 3. The highest BCUT2D eigenvalue weighted by Gasteiger charge is 2.50. The molecule has 1 fully saturated rings. The predicted octanol–water partition coefficient (Wildman–Crippen LogP) is 2.95. The summed E-state index contributed by atoms with van der Waals surface area (Å²) < 4.78 is 0. The van der Waals surface area contributed by atoms with Crippen molar-refractivity contribution in [2.24, 2.45) is 11.1 Å². The minimum atomic E-state index is 0.314. The van der Waals surface area contributed by atoms with Crippen molar-refractivity contribution in [3.05, 3.63) is 34.4 Å². The van der Waals surface area contributed by atoms with E-state index in [1.807, 2.05) is 0 Å². The van der Waals surface area contributed by atoms with E-state index in [-0.39, 0.29) is 0 Å². The van der Waals surface area contributed by atoms with Crippen molar-refractivity contribution >= 4 is 0 Å². The Kier molecular flexibility index (Phi) is 3.52. The highest BCUT2D eigenvalue weighted by atomic mass is 15.1. The molecule has 0 bridgehead atoms. The van der Waals surface area contributed by atoms with Gasteiger partial charge in [0.15, 0.2) is 0 Å². The molecule has 0 heterocycles. The lowest BCUT2D eigenvalue weighted by Gasteiger charge is -2.35. The van der Waals surface area contributed by atoms with Crippen LogP contribution in [0.4, 0.5) is 0 Å². The van der Waals surface area contributed by atoms with E-state index in [0.717, 1.165) is 6.54 Å². The lowest BCUT2D eigenvalue weighted by Crippen LogP contribution is -2.34. The van der Waals surface area contributed by atoms with E-state index in [1.165, 1.54) is 35.1 Å². The number of hydrogen-bond acceptors (Lipinski definition) is 2. The Morgan fingerprint density at radius 1 is 1.17 bits per heavy atom. The largest absolute Gasteiger partial charge is 0.330 e. The number of rotatable bonds is 4. The Labute approximate surface area is 111 Å². The molecule has 1 atom stereocenters. The topological polar surface area (TPSA) is 29.3 Å². The summed E-state index contributed by atoms with van der Waals surface area (Å²) in [6.45, 7) is 7.43. The molecule has 1 aromatic carbocycles. The van der Waals surface area contributed by atoms with Gasteiger partial charge < -0.3 is 10.6 Å². The molecule has 0 saturated heterocycles. The molecule has 1 aliphatic rings. The van der Waals surface area contributed by atoms with Crippen molar-refractivity contribution in [3.8, 4) is 0 Å². The monoisotopic (exact) mass is 246 g/mol. The molecule has 0 aliphatic heterocycles. The van der Waals surface area contributed by atoms with Crippen LogP contribution in [0, 0.1) is 26.2 Å². The van der Waals surface area contributed by atoms with Crippen LogP contribution >= 0.6 is 0 Å². The molecule has 2 nitrogen and oxygen atoms in total. The summed E-state index contributed by atoms with van der Waals surface area (Å²) in [4.78, 5) is 2.35. The summed E-state index contributed by atoms with van der Waals surface area (Å²) in [5, 5.41) is 0. The Morgan fingerprint density at radius 3 is 2.00 bits per heavy atom.